The molecule has 1 aliphatic carbocycles. The summed E-state index contributed by atoms with van der Waals surface area (Å²) in [4.78, 5) is 11.4. The Morgan fingerprint density at radius 3 is 2.38 bits per heavy atom. The summed E-state index contributed by atoms with van der Waals surface area (Å²) in [5.41, 5.74) is 12.0. The van der Waals surface area contributed by atoms with Crippen LogP contribution in [0.5, 0.6) is 0 Å². The molecular formula is C19H25Cl2N5. The molecule has 1 unspecified atom stereocenters. The summed E-state index contributed by atoms with van der Waals surface area (Å²) in [6.07, 6.45) is 4.44. The maximum atomic E-state index is 6.28. The molecule has 0 bridgehead atoms. The van der Waals surface area contributed by atoms with Gasteiger partial charge in [0.15, 0.2) is 5.82 Å². The van der Waals surface area contributed by atoms with Gasteiger partial charge in [0.2, 0.25) is 0 Å². The maximum Gasteiger partial charge on any atom is 0.152 e. The van der Waals surface area contributed by atoms with Gasteiger partial charge in [0, 0.05) is 18.7 Å². The molecule has 1 saturated heterocycles. The topological polar surface area (TPSA) is 81.1 Å². The van der Waals surface area contributed by atoms with Crippen molar-refractivity contribution in [2.45, 2.75) is 19.8 Å². The fraction of sp³-hybridized carbons (Fsp3) is 0.474. The molecule has 1 aliphatic heterocycles. The zero-order valence-electron chi connectivity index (χ0n) is 15.1. The number of benzene rings is 1. The smallest absolute Gasteiger partial charge is 0.152 e. The molecule has 2 fully saturated rings. The van der Waals surface area contributed by atoms with Crippen LogP contribution in [0.4, 0.5) is 11.6 Å². The molecule has 2 aromatic rings. The van der Waals surface area contributed by atoms with E-state index < -0.39 is 0 Å². The summed E-state index contributed by atoms with van der Waals surface area (Å²) in [6, 6.07) is 5.44. The highest BCUT2D eigenvalue weighted by molar-refractivity contribution is 6.43. The van der Waals surface area contributed by atoms with E-state index in [-0.39, 0.29) is 0 Å². The average Bonchev–Trinajstić information content (AvgIpc) is 3.17. The van der Waals surface area contributed by atoms with Crippen LogP contribution in [0, 0.1) is 17.8 Å². The first-order valence-corrected chi connectivity index (χ1v) is 9.68. The molecule has 5 nitrogen and oxygen atoms in total. The second-order valence-electron chi connectivity index (χ2n) is 7.07. The third-order valence-corrected chi connectivity index (χ3v) is 6.12. The van der Waals surface area contributed by atoms with Gasteiger partial charge in [-0.3, -0.25) is 0 Å². The summed E-state index contributed by atoms with van der Waals surface area (Å²) in [5, 5.41) is 0.943. The van der Waals surface area contributed by atoms with E-state index in [1.54, 1.807) is 12.3 Å². The minimum atomic E-state index is 0.391. The number of anilines is 2. The van der Waals surface area contributed by atoms with Crippen molar-refractivity contribution >= 4 is 34.8 Å². The zero-order valence-corrected chi connectivity index (χ0v) is 16.6. The predicted octanol–water partition coefficient (Wildman–Crippen LogP) is 4.09. The molecule has 7 heteroatoms. The van der Waals surface area contributed by atoms with Gasteiger partial charge in [-0.05, 0) is 43.7 Å². The SMILES string of the molecule is CC1C[C@@H]2CN(c3cnc(-c4cccc(Cl)c4Cl)c(N)n3)C[C@@H]2C1.CN. The summed E-state index contributed by atoms with van der Waals surface area (Å²) in [7, 11) is 1.50. The largest absolute Gasteiger partial charge is 0.382 e. The van der Waals surface area contributed by atoms with Crippen LogP contribution in [0.15, 0.2) is 24.4 Å². The van der Waals surface area contributed by atoms with Crippen LogP contribution in [-0.4, -0.2) is 30.1 Å². The van der Waals surface area contributed by atoms with E-state index in [2.05, 4.69) is 27.5 Å². The highest BCUT2D eigenvalue weighted by Gasteiger charge is 2.39. The van der Waals surface area contributed by atoms with Gasteiger partial charge in [0.05, 0.1) is 16.2 Å². The van der Waals surface area contributed by atoms with E-state index in [9.17, 15) is 0 Å². The molecule has 1 aromatic heterocycles. The zero-order chi connectivity index (χ0) is 18.8. The Bertz CT molecular complexity index is 769. The van der Waals surface area contributed by atoms with Crippen LogP contribution in [0.2, 0.25) is 10.0 Å². The standard InChI is InChI=1S/C18H20Cl2N4.CH5N/c1-10-5-11-8-24(9-12(11)6-10)15-7-22-17(18(21)23-15)13-3-2-4-14(19)16(13)20;1-2/h2-4,7,10-12H,5-6,8-9H2,1H3,(H2,21,23);2H2,1H3/t10?,11-,12+;. The Balaban J connectivity index is 0.000000948. The number of nitrogens with zero attached hydrogens (tertiary/aromatic N) is 3. The Labute approximate surface area is 164 Å². The number of rotatable bonds is 2. The second kappa shape index (κ2) is 7.99. The number of hydrogen-bond donors (Lipinski definition) is 2. The molecule has 4 N–H and O–H groups in total. The van der Waals surface area contributed by atoms with Crippen molar-refractivity contribution < 1.29 is 0 Å². The molecule has 0 amide bonds. The second-order valence-corrected chi connectivity index (χ2v) is 7.85. The van der Waals surface area contributed by atoms with Crippen molar-refractivity contribution in [3.8, 4) is 11.3 Å². The lowest BCUT2D eigenvalue weighted by Crippen LogP contribution is -2.23. The van der Waals surface area contributed by atoms with Gasteiger partial charge in [-0.1, -0.05) is 42.3 Å². The summed E-state index contributed by atoms with van der Waals surface area (Å²) in [6.45, 7) is 4.46. The number of fused-ring (bicyclic) bond motifs is 1. The third-order valence-electron chi connectivity index (χ3n) is 5.30. The molecule has 1 aromatic carbocycles. The van der Waals surface area contributed by atoms with Gasteiger partial charge in [-0.2, -0.15) is 0 Å². The first-order chi connectivity index (χ1) is 12.5. The Morgan fingerprint density at radius 2 is 1.77 bits per heavy atom. The molecule has 26 heavy (non-hydrogen) atoms. The van der Waals surface area contributed by atoms with Crippen LogP contribution in [0.25, 0.3) is 11.3 Å². The number of hydrogen-bond acceptors (Lipinski definition) is 5. The minimum Gasteiger partial charge on any atom is -0.382 e. The molecule has 2 aliphatic rings. The van der Waals surface area contributed by atoms with E-state index in [0.717, 1.165) is 36.7 Å². The van der Waals surface area contributed by atoms with Crippen molar-refractivity contribution in [3.05, 3.63) is 34.4 Å². The number of aromatic nitrogens is 2. The van der Waals surface area contributed by atoms with Crippen molar-refractivity contribution in [2.75, 3.05) is 30.8 Å². The lowest BCUT2D eigenvalue weighted by Gasteiger charge is -2.20. The van der Waals surface area contributed by atoms with E-state index in [1.165, 1.54) is 19.9 Å². The van der Waals surface area contributed by atoms with Crippen LogP contribution >= 0.6 is 23.2 Å². The highest BCUT2D eigenvalue weighted by Crippen LogP contribution is 2.42. The Kier molecular flexibility index (Phi) is 5.90. The first kappa shape index (κ1) is 19.2. The van der Waals surface area contributed by atoms with Gasteiger partial charge in [0.25, 0.3) is 0 Å². The fourth-order valence-corrected chi connectivity index (χ4v) is 4.62. The highest BCUT2D eigenvalue weighted by atomic mass is 35.5. The summed E-state index contributed by atoms with van der Waals surface area (Å²) < 4.78 is 0. The molecule has 0 radical (unpaired) electrons. The molecule has 1 saturated carbocycles. The van der Waals surface area contributed by atoms with Crippen LogP contribution in [-0.2, 0) is 0 Å². The van der Waals surface area contributed by atoms with E-state index in [4.69, 9.17) is 28.9 Å². The minimum absolute atomic E-state index is 0.391. The Hall–Kier alpha value is -1.56. The number of halogens is 2. The molecular weight excluding hydrogens is 369 g/mol. The van der Waals surface area contributed by atoms with Crippen molar-refractivity contribution in [2.24, 2.45) is 23.5 Å². The molecule has 2 heterocycles. The van der Waals surface area contributed by atoms with E-state index >= 15 is 0 Å². The van der Waals surface area contributed by atoms with Crippen molar-refractivity contribution in [1.82, 2.24) is 9.97 Å². The van der Waals surface area contributed by atoms with Gasteiger partial charge in [0.1, 0.15) is 11.5 Å². The normalized spacial score (nSPS) is 24.2. The van der Waals surface area contributed by atoms with E-state index in [0.29, 0.717) is 27.1 Å². The lowest BCUT2D eigenvalue weighted by atomic mass is 10.0. The van der Waals surface area contributed by atoms with Gasteiger partial charge in [-0.15, -0.1) is 0 Å². The van der Waals surface area contributed by atoms with Crippen molar-refractivity contribution in [1.29, 1.82) is 0 Å². The third kappa shape index (κ3) is 3.61. The van der Waals surface area contributed by atoms with E-state index in [1.807, 2.05) is 12.1 Å². The average molecular weight is 394 g/mol. The quantitative estimate of drug-likeness (QED) is 0.802. The summed E-state index contributed by atoms with van der Waals surface area (Å²) in [5.74, 6) is 3.67. The molecule has 140 valence electrons. The van der Waals surface area contributed by atoms with Crippen LogP contribution in [0.1, 0.15) is 19.8 Å². The molecule has 3 atom stereocenters. The van der Waals surface area contributed by atoms with Gasteiger partial charge < -0.3 is 16.4 Å². The molecule has 4 rings (SSSR count). The summed E-state index contributed by atoms with van der Waals surface area (Å²) >= 11 is 12.4. The first-order valence-electron chi connectivity index (χ1n) is 8.92. The van der Waals surface area contributed by atoms with Gasteiger partial charge >= 0.3 is 0 Å². The van der Waals surface area contributed by atoms with Crippen LogP contribution < -0.4 is 16.4 Å². The number of nitrogens with two attached hydrogens (primary N) is 2. The monoisotopic (exact) mass is 393 g/mol. The fourth-order valence-electron chi connectivity index (χ4n) is 4.23. The molecule has 0 spiro atoms. The van der Waals surface area contributed by atoms with Crippen molar-refractivity contribution in [3.63, 3.8) is 0 Å². The van der Waals surface area contributed by atoms with Crippen LogP contribution in [0.3, 0.4) is 0 Å². The van der Waals surface area contributed by atoms with Gasteiger partial charge in [-0.25, -0.2) is 9.97 Å². The predicted molar refractivity (Wildman–Crippen MR) is 110 cm³/mol. The maximum absolute atomic E-state index is 6.28. The Morgan fingerprint density at radius 1 is 1.12 bits per heavy atom. The lowest BCUT2D eigenvalue weighted by molar-refractivity contribution is 0.494. The number of nitrogen functional groups attached to an aromatic ring is 1.